The van der Waals surface area contributed by atoms with E-state index < -0.39 is 16.5 Å². The molecule has 1 N–H and O–H groups in total. The Morgan fingerprint density at radius 1 is 1.15 bits per heavy atom. The molecule has 5 atom stereocenters. The molecule has 0 aromatic carbocycles. The van der Waals surface area contributed by atoms with Crippen LogP contribution in [-0.2, 0) is 14.6 Å². The first-order valence-corrected chi connectivity index (χ1v) is 14.1. The molecule has 3 aliphatic carbocycles. The van der Waals surface area contributed by atoms with Gasteiger partial charge >= 0.3 is 48.1 Å². The summed E-state index contributed by atoms with van der Waals surface area (Å²) in [5.74, 6) is 3.06. The van der Waals surface area contributed by atoms with Crippen LogP contribution in [0.2, 0.25) is 0 Å². The van der Waals surface area contributed by atoms with Gasteiger partial charge in [-0.15, -0.1) is 0 Å². The topological polar surface area (TPSA) is 63.6 Å². The molecule has 0 radical (unpaired) electrons. The number of allylic oxidation sites excluding steroid dienone is 4. The molecule has 3 rings (SSSR count). The standard InChI is InChI=1S/C27H44O4S.Ca.2H/c1-19(2)8-6-9-21(4)25-15-16-26-22(10-7-17-27(25,26)5)12-13-23-18-24(14-11-20(23)3)31-32(28,29)30;;;/h12-13,19,21,24-26H,3,6-11,14-18H2,1-2,4-5H3,(H,28,29,30);;;/b22-12+,23-13-;;;/t21-,24+,25-,26+,27-;;;/m1.../s1. The Labute approximate surface area is 232 Å². The van der Waals surface area contributed by atoms with Crippen molar-refractivity contribution in [1.29, 1.82) is 0 Å². The van der Waals surface area contributed by atoms with Crippen LogP contribution in [0.3, 0.4) is 0 Å². The van der Waals surface area contributed by atoms with E-state index in [0.29, 0.717) is 30.6 Å². The fourth-order valence-electron chi connectivity index (χ4n) is 6.90. The molecule has 0 spiro atoms. The van der Waals surface area contributed by atoms with E-state index in [2.05, 4.69) is 46.4 Å². The fraction of sp³-hybridized carbons (Fsp3) is 0.778. The average molecular weight is 507 g/mol. The monoisotopic (exact) mass is 506 g/mol. The molecule has 0 amide bonds. The van der Waals surface area contributed by atoms with Crippen molar-refractivity contribution in [3.63, 3.8) is 0 Å². The molecule has 3 fully saturated rings. The number of rotatable bonds is 8. The first-order valence-electron chi connectivity index (χ1n) is 12.7. The molecule has 6 heteroatoms. The van der Waals surface area contributed by atoms with E-state index in [1.54, 1.807) is 5.57 Å². The van der Waals surface area contributed by atoms with Crippen LogP contribution in [0.4, 0.5) is 0 Å². The van der Waals surface area contributed by atoms with Crippen LogP contribution in [0, 0.1) is 29.1 Å². The summed E-state index contributed by atoms with van der Waals surface area (Å²) in [7, 11) is -4.42. The van der Waals surface area contributed by atoms with Gasteiger partial charge in [-0.1, -0.05) is 76.8 Å². The van der Waals surface area contributed by atoms with Crippen molar-refractivity contribution in [1.82, 2.24) is 0 Å². The summed E-state index contributed by atoms with van der Waals surface area (Å²) in [6, 6.07) is 0. The summed E-state index contributed by atoms with van der Waals surface area (Å²) < 4.78 is 36.1. The Hall–Kier alpha value is 0.350. The molecule has 4 nitrogen and oxygen atoms in total. The number of hydrogen-bond donors (Lipinski definition) is 1. The van der Waals surface area contributed by atoms with Crippen LogP contribution in [0.1, 0.15) is 98.3 Å². The molecule has 0 aromatic rings. The fourth-order valence-corrected chi connectivity index (χ4v) is 7.41. The van der Waals surface area contributed by atoms with Crippen molar-refractivity contribution in [2.45, 2.75) is 104 Å². The van der Waals surface area contributed by atoms with Crippen molar-refractivity contribution in [3.05, 3.63) is 35.5 Å². The summed E-state index contributed by atoms with van der Waals surface area (Å²) in [4.78, 5) is 0. The predicted octanol–water partition coefficient (Wildman–Crippen LogP) is 6.53. The van der Waals surface area contributed by atoms with E-state index in [0.717, 1.165) is 35.3 Å². The molecular formula is C27H46CaO4S. The van der Waals surface area contributed by atoms with Gasteiger partial charge in [-0.05, 0) is 79.6 Å². The molecule has 186 valence electrons. The zero-order valence-electron chi connectivity index (χ0n) is 20.6. The summed E-state index contributed by atoms with van der Waals surface area (Å²) in [6.07, 6.45) is 16.1. The Balaban J connectivity index is 0.00000385. The third-order valence-corrected chi connectivity index (χ3v) is 9.11. The van der Waals surface area contributed by atoms with Gasteiger partial charge in [-0.3, -0.25) is 4.55 Å². The first-order chi connectivity index (χ1) is 15.0. The third-order valence-electron chi connectivity index (χ3n) is 8.59. The van der Waals surface area contributed by atoms with Crippen LogP contribution >= 0.6 is 0 Å². The van der Waals surface area contributed by atoms with Gasteiger partial charge in [0.2, 0.25) is 0 Å². The predicted molar refractivity (Wildman–Crippen MR) is 140 cm³/mol. The number of fused-ring (bicyclic) bond motifs is 1. The second-order valence-electron chi connectivity index (χ2n) is 11.3. The zero-order chi connectivity index (χ0) is 23.5. The van der Waals surface area contributed by atoms with Gasteiger partial charge in [0.25, 0.3) is 0 Å². The van der Waals surface area contributed by atoms with E-state index in [1.807, 2.05) is 0 Å². The van der Waals surface area contributed by atoms with Gasteiger partial charge in [0.15, 0.2) is 0 Å². The molecule has 0 bridgehead atoms. The maximum atomic E-state index is 11.1. The van der Waals surface area contributed by atoms with Crippen LogP contribution < -0.4 is 0 Å². The maximum absolute atomic E-state index is 11.1. The Bertz CT molecular complexity index is 844. The van der Waals surface area contributed by atoms with Crippen molar-refractivity contribution < 1.29 is 17.2 Å². The molecule has 0 saturated heterocycles. The number of hydrogen-bond acceptors (Lipinski definition) is 3. The van der Waals surface area contributed by atoms with Crippen molar-refractivity contribution in [2.75, 3.05) is 0 Å². The van der Waals surface area contributed by atoms with E-state index >= 15 is 0 Å². The van der Waals surface area contributed by atoms with Gasteiger partial charge in [-0.2, -0.15) is 8.42 Å². The summed E-state index contributed by atoms with van der Waals surface area (Å²) in [5, 5.41) is 0. The first kappa shape index (κ1) is 29.6. The average Bonchev–Trinajstić information content (AvgIpc) is 3.04. The zero-order valence-corrected chi connectivity index (χ0v) is 21.4. The van der Waals surface area contributed by atoms with Gasteiger partial charge < -0.3 is 0 Å². The Kier molecular flexibility index (Phi) is 11.2. The van der Waals surface area contributed by atoms with Crippen LogP contribution in [0.5, 0.6) is 0 Å². The molecular weight excluding hydrogens is 460 g/mol. The van der Waals surface area contributed by atoms with Crippen LogP contribution in [0.25, 0.3) is 0 Å². The molecule has 0 heterocycles. The van der Waals surface area contributed by atoms with Gasteiger partial charge in [0.05, 0.1) is 6.10 Å². The molecule has 33 heavy (non-hydrogen) atoms. The van der Waals surface area contributed by atoms with Gasteiger partial charge in [-0.25, -0.2) is 4.18 Å². The second-order valence-corrected chi connectivity index (χ2v) is 12.4. The summed E-state index contributed by atoms with van der Waals surface area (Å²) in [5.41, 5.74) is 4.08. The van der Waals surface area contributed by atoms with Crippen molar-refractivity contribution in [2.24, 2.45) is 29.1 Å². The van der Waals surface area contributed by atoms with E-state index in [-0.39, 0.29) is 37.7 Å². The van der Waals surface area contributed by atoms with Crippen LogP contribution in [-0.4, -0.2) is 56.8 Å². The Morgan fingerprint density at radius 3 is 2.55 bits per heavy atom. The summed E-state index contributed by atoms with van der Waals surface area (Å²) in [6.45, 7) is 13.9. The van der Waals surface area contributed by atoms with Crippen LogP contribution in [0.15, 0.2) is 35.5 Å². The molecule has 0 aliphatic heterocycles. The normalized spacial score (nSPS) is 33.9. The SMILES string of the molecule is C=C1CC[C@H](OS(=O)(=O)O)C/C1=C/C=C1\CCC[C@]2(C)[C@@H]([C@H](C)CCCC(C)C)CC[C@@H]12.[CaH2]. The minimum absolute atomic E-state index is 0. The van der Waals surface area contributed by atoms with Crippen molar-refractivity contribution >= 4 is 48.1 Å². The van der Waals surface area contributed by atoms with Crippen molar-refractivity contribution in [3.8, 4) is 0 Å². The molecule has 3 aliphatic rings. The molecule has 0 unspecified atom stereocenters. The van der Waals surface area contributed by atoms with Gasteiger partial charge in [0.1, 0.15) is 0 Å². The molecule has 0 aromatic heterocycles. The molecule has 3 saturated carbocycles. The summed E-state index contributed by atoms with van der Waals surface area (Å²) >= 11 is 0. The van der Waals surface area contributed by atoms with E-state index in [1.165, 1.54) is 44.9 Å². The second kappa shape index (κ2) is 12.5. The quantitative estimate of drug-likeness (QED) is 0.300. The third kappa shape index (κ3) is 7.92. The minimum atomic E-state index is -4.42. The van der Waals surface area contributed by atoms with Gasteiger partial charge in [0, 0.05) is 6.42 Å². The Morgan fingerprint density at radius 2 is 1.88 bits per heavy atom. The van der Waals surface area contributed by atoms with E-state index in [4.69, 9.17) is 8.74 Å². The van der Waals surface area contributed by atoms with E-state index in [9.17, 15) is 8.42 Å².